The summed E-state index contributed by atoms with van der Waals surface area (Å²) in [6.07, 6.45) is 2.05. The largest absolute Gasteiger partial charge is 0.376 e. The van der Waals surface area contributed by atoms with E-state index in [1.165, 1.54) is 12.1 Å². The second-order valence-electron chi connectivity index (χ2n) is 6.28. The van der Waals surface area contributed by atoms with Crippen molar-refractivity contribution in [3.8, 4) is 0 Å². The molecule has 6 heteroatoms. The normalized spacial score (nSPS) is 17.2. The van der Waals surface area contributed by atoms with Gasteiger partial charge in [-0.05, 0) is 56.2 Å². The number of anilines is 1. The number of halogens is 1. The summed E-state index contributed by atoms with van der Waals surface area (Å²) in [5.41, 5.74) is 2.27. The van der Waals surface area contributed by atoms with Crippen LogP contribution in [-0.2, 0) is 4.74 Å². The van der Waals surface area contributed by atoms with Crippen LogP contribution in [-0.4, -0.2) is 31.1 Å². The van der Waals surface area contributed by atoms with Crippen molar-refractivity contribution in [1.82, 2.24) is 5.32 Å². The quantitative estimate of drug-likeness (QED) is 0.652. The van der Waals surface area contributed by atoms with Crippen molar-refractivity contribution in [2.24, 2.45) is 4.99 Å². The molecular formula is C20H22FN3O2. The van der Waals surface area contributed by atoms with Crippen LogP contribution in [0.3, 0.4) is 0 Å². The Kier molecular flexibility index (Phi) is 5.96. The van der Waals surface area contributed by atoms with E-state index >= 15 is 0 Å². The summed E-state index contributed by atoms with van der Waals surface area (Å²) in [5, 5.41) is 5.83. The van der Waals surface area contributed by atoms with Gasteiger partial charge in [-0.3, -0.25) is 10.1 Å². The smallest absolute Gasteiger partial charge is 0.257 e. The molecule has 2 aromatic carbocycles. The molecule has 0 spiro atoms. The summed E-state index contributed by atoms with van der Waals surface area (Å²) in [6.45, 7) is 3.17. The minimum Gasteiger partial charge on any atom is -0.376 e. The van der Waals surface area contributed by atoms with Crippen LogP contribution >= 0.6 is 0 Å². The molecule has 1 saturated heterocycles. The predicted octanol–water partition coefficient (Wildman–Crippen LogP) is 3.51. The first kappa shape index (κ1) is 18.1. The summed E-state index contributed by atoms with van der Waals surface area (Å²) in [7, 11) is 0. The van der Waals surface area contributed by atoms with Gasteiger partial charge in [-0.1, -0.05) is 17.7 Å². The lowest BCUT2D eigenvalue weighted by Gasteiger charge is -2.13. The number of carbonyl (C=O) groups is 1. The molecule has 2 N–H and O–H groups in total. The lowest BCUT2D eigenvalue weighted by Crippen LogP contribution is -2.36. The molecule has 1 aliphatic rings. The third-order valence-corrected chi connectivity index (χ3v) is 4.13. The number of rotatable bonds is 4. The number of amides is 1. The first-order valence-electron chi connectivity index (χ1n) is 8.67. The minimum absolute atomic E-state index is 0.0660. The molecule has 1 amide bonds. The Morgan fingerprint density at radius 3 is 2.58 bits per heavy atom. The number of aliphatic imine (C=N–C) groups is 1. The van der Waals surface area contributed by atoms with Gasteiger partial charge in [-0.2, -0.15) is 0 Å². The van der Waals surface area contributed by atoms with E-state index in [-0.39, 0.29) is 17.8 Å². The second kappa shape index (κ2) is 8.58. The number of carbonyl (C=O) groups excluding carboxylic acids is 1. The van der Waals surface area contributed by atoms with Crippen molar-refractivity contribution >= 4 is 17.6 Å². The van der Waals surface area contributed by atoms with Crippen LogP contribution in [0.4, 0.5) is 10.1 Å². The number of aryl methyl sites for hydroxylation is 1. The molecule has 1 fully saturated rings. The monoisotopic (exact) mass is 355 g/mol. The van der Waals surface area contributed by atoms with Gasteiger partial charge in [0, 0.05) is 17.9 Å². The van der Waals surface area contributed by atoms with E-state index in [1.54, 1.807) is 24.3 Å². The zero-order valence-electron chi connectivity index (χ0n) is 14.7. The van der Waals surface area contributed by atoms with E-state index in [0.717, 1.165) is 25.0 Å². The van der Waals surface area contributed by atoms with Gasteiger partial charge in [-0.15, -0.1) is 0 Å². The Hall–Kier alpha value is -2.73. The number of nitrogens with one attached hydrogen (secondary N) is 2. The van der Waals surface area contributed by atoms with Gasteiger partial charge in [0.25, 0.3) is 5.91 Å². The van der Waals surface area contributed by atoms with E-state index in [9.17, 15) is 9.18 Å². The average molecular weight is 355 g/mol. The van der Waals surface area contributed by atoms with Crippen LogP contribution in [0.1, 0.15) is 28.8 Å². The van der Waals surface area contributed by atoms with Crippen LogP contribution < -0.4 is 10.6 Å². The highest BCUT2D eigenvalue weighted by molar-refractivity contribution is 6.09. The number of nitrogens with zero attached hydrogens (tertiary/aromatic N) is 1. The minimum atomic E-state index is -0.322. The predicted molar refractivity (Wildman–Crippen MR) is 99.9 cm³/mol. The van der Waals surface area contributed by atoms with Crippen LogP contribution in [0.5, 0.6) is 0 Å². The number of guanidine groups is 1. The van der Waals surface area contributed by atoms with Gasteiger partial charge >= 0.3 is 0 Å². The van der Waals surface area contributed by atoms with E-state index < -0.39 is 0 Å². The standard InChI is InChI=1S/C20H22FN3O2/c1-14-4-6-15(7-5-14)19(25)24-20(22-13-18-3-2-12-26-18)23-17-10-8-16(21)9-11-17/h4-11,18H,2-3,12-13H2,1H3,(H2,22,23,24,25)/t18-/m1/s1. The fraction of sp³-hybridized carbons (Fsp3) is 0.300. The fourth-order valence-corrected chi connectivity index (χ4v) is 2.65. The molecule has 0 saturated carbocycles. The van der Waals surface area contributed by atoms with E-state index in [0.29, 0.717) is 23.8 Å². The SMILES string of the molecule is Cc1ccc(C(=O)NC(=NC[C@H]2CCCO2)Nc2ccc(F)cc2)cc1. The highest BCUT2D eigenvalue weighted by Crippen LogP contribution is 2.13. The molecule has 2 aromatic rings. The molecule has 0 aliphatic carbocycles. The third kappa shape index (κ3) is 5.13. The molecule has 0 bridgehead atoms. The molecule has 1 atom stereocenters. The highest BCUT2D eigenvalue weighted by Gasteiger charge is 2.16. The Balaban J connectivity index is 1.72. The molecule has 0 aromatic heterocycles. The maximum atomic E-state index is 13.1. The lowest BCUT2D eigenvalue weighted by atomic mass is 10.1. The van der Waals surface area contributed by atoms with E-state index in [2.05, 4.69) is 15.6 Å². The molecule has 26 heavy (non-hydrogen) atoms. The molecule has 1 aliphatic heterocycles. The Morgan fingerprint density at radius 2 is 1.92 bits per heavy atom. The molecule has 136 valence electrons. The summed E-state index contributed by atoms with van der Waals surface area (Å²) < 4.78 is 18.7. The molecule has 0 radical (unpaired) electrons. The van der Waals surface area contributed by atoms with E-state index in [4.69, 9.17) is 4.74 Å². The number of benzene rings is 2. The van der Waals surface area contributed by atoms with Gasteiger partial charge in [0.05, 0.1) is 12.6 Å². The molecule has 0 unspecified atom stereocenters. The van der Waals surface area contributed by atoms with Crippen LogP contribution in [0.25, 0.3) is 0 Å². The first-order valence-corrected chi connectivity index (χ1v) is 8.67. The Bertz CT molecular complexity index is 767. The molecule has 3 rings (SSSR count). The van der Waals surface area contributed by atoms with E-state index in [1.807, 2.05) is 19.1 Å². The van der Waals surface area contributed by atoms with Crippen molar-refractivity contribution in [1.29, 1.82) is 0 Å². The summed E-state index contributed by atoms with van der Waals surface area (Å²) in [6, 6.07) is 13.2. The zero-order chi connectivity index (χ0) is 18.4. The number of hydrogen-bond donors (Lipinski definition) is 2. The summed E-state index contributed by atoms with van der Waals surface area (Å²) in [5.74, 6) is -0.263. The average Bonchev–Trinajstić information content (AvgIpc) is 3.15. The summed E-state index contributed by atoms with van der Waals surface area (Å²) in [4.78, 5) is 16.9. The van der Waals surface area contributed by atoms with Crippen molar-refractivity contribution in [3.63, 3.8) is 0 Å². The van der Waals surface area contributed by atoms with Gasteiger partial charge < -0.3 is 10.1 Å². The summed E-state index contributed by atoms with van der Waals surface area (Å²) >= 11 is 0. The lowest BCUT2D eigenvalue weighted by molar-refractivity contribution is 0.0975. The van der Waals surface area contributed by atoms with Crippen LogP contribution in [0.2, 0.25) is 0 Å². The van der Waals surface area contributed by atoms with Crippen LogP contribution in [0, 0.1) is 12.7 Å². The van der Waals surface area contributed by atoms with Gasteiger partial charge in [0.1, 0.15) is 5.82 Å². The van der Waals surface area contributed by atoms with Crippen molar-refractivity contribution in [2.45, 2.75) is 25.9 Å². The zero-order valence-corrected chi connectivity index (χ0v) is 14.7. The van der Waals surface area contributed by atoms with Gasteiger partial charge in [0.15, 0.2) is 0 Å². The molecule has 5 nitrogen and oxygen atoms in total. The molecule has 1 heterocycles. The van der Waals surface area contributed by atoms with Crippen molar-refractivity contribution in [2.75, 3.05) is 18.5 Å². The highest BCUT2D eigenvalue weighted by atomic mass is 19.1. The molecular weight excluding hydrogens is 333 g/mol. The topological polar surface area (TPSA) is 62.7 Å². The van der Waals surface area contributed by atoms with Crippen molar-refractivity contribution < 1.29 is 13.9 Å². The maximum Gasteiger partial charge on any atom is 0.257 e. The van der Waals surface area contributed by atoms with Gasteiger partial charge in [-0.25, -0.2) is 9.38 Å². The van der Waals surface area contributed by atoms with Crippen LogP contribution in [0.15, 0.2) is 53.5 Å². The first-order chi connectivity index (χ1) is 12.6. The number of hydrogen-bond acceptors (Lipinski definition) is 3. The van der Waals surface area contributed by atoms with Gasteiger partial charge in [0.2, 0.25) is 5.96 Å². The fourth-order valence-electron chi connectivity index (χ4n) is 2.65. The second-order valence-corrected chi connectivity index (χ2v) is 6.28. The number of ether oxygens (including phenoxy) is 1. The van der Waals surface area contributed by atoms with Crippen molar-refractivity contribution in [3.05, 3.63) is 65.5 Å². The maximum absolute atomic E-state index is 13.1. The Morgan fingerprint density at radius 1 is 1.19 bits per heavy atom. The Labute approximate surface area is 152 Å². The third-order valence-electron chi connectivity index (χ3n) is 4.13.